The molecule has 1 aliphatic rings. The summed E-state index contributed by atoms with van der Waals surface area (Å²) in [5.41, 5.74) is 0. The van der Waals surface area contributed by atoms with Crippen LogP contribution >= 0.6 is 27.3 Å². The fourth-order valence-electron chi connectivity index (χ4n) is 1.74. The first kappa shape index (κ1) is 11.1. The second-order valence-corrected chi connectivity index (χ2v) is 6.10. The fourth-order valence-corrected chi connectivity index (χ4v) is 3.21. The summed E-state index contributed by atoms with van der Waals surface area (Å²) in [5, 5.41) is 0. The second-order valence-electron chi connectivity index (χ2n) is 3.74. The van der Waals surface area contributed by atoms with Crippen LogP contribution in [-0.4, -0.2) is 22.2 Å². The maximum atomic E-state index is 11.7. The number of likely N-dealkylation sites (tertiary alicyclic amines) is 1. The Morgan fingerprint density at radius 2 is 2.27 bits per heavy atom. The minimum absolute atomic E-state index is 0.0445. The first-order chi connectivity index (χ1) is 7.20. The van der Waals surface area contributed by atoms with Crippen molar-refractivity contribution in [2.45, 2.75) is 31.1 Å². The van der Waals surface area contributed by atoms with Gasteiger partial charge in [-0.3, -0.25) is 4.79 Å². The third kappa shape index (κ3) is 2.42. The molecule has 1 aromatic heterocycles. The van der Waals surface area contributed by atoms with E-state index in [1.54, 1.807) is 0 Å². The van der Waals surface area contributed by atoms with Crippen LogP contribution in [0, 0.1) is 0 Å². The van der Waals surface area contributed by atoms with Crippen molar-refractivity contribution < 1.29 is 4.79 Å². The summed E-state index contributed by atoms with van der Waals surface area (Å²) in [7, 11) is 0. The minimum Gasteiger partial charge on any atom is -0.337 e. The molecule has 1 unspecified atom stereocenters. The molecule has 1 aliphatic heterocycles. The predicted molar refractivity (Wildman–Crippen MR) is 66.4 cm³/mol. The van der Waals surface area contributed by atoms with Gasteiger partial charge in [0, 0.05) is 16.3 Å². The van der Waals surface area contributed by atoms with Crippen LogP contribution in [-0.2, 0) is 17.8 Å². The average Bonchev–Trinajstić information content (AvgIpc) is 2.80. The third-order valence-corrected chi connectivity index (χ3v) is 4.71. The Morgan fingerprint density at radius 3 is 2.80 bits per heavy atom. The van der Waals surface area contributed by atoms with Crippen LogP contribution in [0.4, 0.5) is 0 Å². The lowest BCUT2D eigenvalue weighted by atomic mass is 10.3. The van der Waals surface area contributed by atoms with E-state index in [0.717, 1.165) is 25.9 Å². The molecule has 1 amide bonds. The molecule has 0 spiro atoms. The molecule has 0 saturated carbocycles. The largest absolute Gasteiger partial charge is 0.337 e. The van der Waals surface area contributed by atoms with Crippen LogP contribution in [0.3, 0.4) is 0 Å². The van der Waals surface area contributed by atoms with Gasteiger partial charge in [-0.2, -0.15) is 0 Å². The molecule has 2 rings (SSSR count). The molecule has 0 N–H and O–H groups in total. The van der Waals surface area contributed by atoms with Gasteiger partial charge in [0.15, 0.2) is 0 Å². The number of carbonyl (C=O) groups is 1. The number of thiophene rings is 1. The number of alkyl halides is 1. The Balaban J connectivity index is 2.00. The van der Waals surface area contributed by atoms with Crippen molar-refractivity contribution in [3.05, 3.63) is 21.9 Å². The van der Waals surface area contributed by atoms with E-state index in [1.165, 1.54) is 9.75 Å². The van der Waals surface area contributed by atoms with Crippen molar-refractivity contribution in [1.82, 2.24) is 4.90 Å². The molecule has 82 valence electrons. The van der Waals surface area contributed by atoms with Gasteiger partial charge in [0.25, 0.3) is 0 Å². The van der Waals surface area contributed by atoms with E-state index < -0.39 is 0 Å². The Kier molecular flexibility index (Phi) is 3.46. The number of carbonyl (C=O) groups excluding carboxylic acids is 1. The topological polar surface area (TPSA) is 20.3 Å². The molecule has 2 heterocycles. The molecule has 1 fully saturated rings. The lowest BCUT2D eigenvalue weighted by molar-refractivity contribution is -0.127. The van der Waals surface area contributed by atoms with Gasteiger partial charge in [-0.25, -0.2) is 0 Å². The number of nitrogens with zero attached hydrogens (tertiary/aromatic N) is 1. The molecule has 4 heteroatoms. The number of halogens is 1. The van der Waals surface area contributed by atoms with Crippen LogP contribution in [0.25, 0.3) is 0 Å². The third-order valence-electron chi connectivity index (χ3n) is 2.64. The summed E-state index contributed by atoms with van der Waals surface area (Å²) in [6, 6.07) is 4.30. The quantitative estimate of drug-likeness (QED) is 0.783. The number of hydrogen-bond donors (Lipinski definition) is 0. The Morgan fingerprint density at radius 1 is 1.53 bits per heavy atom. The summed E-state index contributed by atoms with van der Waals surface area (Å²) < 4.78 is 0. The summed E-state index contributed by atoms with van der Waals surface area (Å²) in [6.45, 7) is 3.82. The lowest BCUT2D eigenvalue weighted by Crippen LogP contribution is -2.26. The molecule has 0 aliphatic carbocycles. The van der Waals surface area contributed by atoms with E-state index in [2.05, 4.69) is 35.0 Å². The van der Waals surface area contributed by atoms with Crippen molar-refractivity contribution in [2.75, 3.05) is 6.54 Å². The highest BCUT2D eigenvalue weighted by molar-refractivity contribution is 9.10. The standard InChI is InChI=1S/C11H14BrNOS/c1-2-8-3-4-9(15-8)7-13-6-5-10(12)11(13)14/h3-4,10H,2,5-7H2,1H3. The molecule has 1 atom stereocenters. The predicted octanol–water partition coefficient (Wildman–Crippen LogP) is 2.81. The molecular weight excluding hydrogens is 274 g/mol. The molecule has 0 radical (unpaired) electrons. The zero-order valence-corrected chi connectivity index (χ0v) is 11.1. The molecule has 1 aromatic rings. The van der Waals surface area contributed by atoms with Crippen molar-refractivity contribution in [3.63, 3.8) is 0 Å². The van der Waals surface area contributed by atoms with Crippen LogP contribution in [0.15, 0.2) is 12.1 Å². The van der Waals surface area contributed by atoms with Crippen LogP contribution in [0.1, 0.15) is 23.1 Å². The zero-order chi connectivity index (χ0) is 10.8. The van der Waals surface area contributed by atoms with Gasteiger partial charge in [-0.1, -0.05) is 22.9 Å². The molecule has 0 aromatic carbocycles. The van der Waals surface area contributed by atoms with Gasteiger partial charge in [-0.05, 0) is 25.0 Å². The Bertz CT molecular complexity index is 363. The first-order valence-electron chi connectivity index (χ1n) is 5.21. The maximum Gasteiger partial charge on any atom is 0.236 e. The van der Waals surface area contributed by atoms with Crippen molar-refractivity contribution >= 4 is 33.2 Å². The number of hydrogen-bond acceptors (Lipinski definition) is 2. The summed E-state index contributed by atoms with van der Waals surface area (Å²) in [5.74, 6) is 0.237. The molecule has 0 bridgehead atoms. The van der Waals surface area contributed by atoms with E-state index in [4.69, 9.17) is 0 Å². The minimum atomic E-state index is 0.0445. The lowest BCUT2D eigenvalue weighted by Gasteiger charge is -2.14. The normalized spacial score (nSPS) is 21.3. The highest BCUT2D eigenvalue weighted by Gasteiger charge is 2.29. The van der Waals surface area contributed by atoms with Crippen LogP contribution < -0.4 is 0 Å². The number of aryl methyl sites for hydroxylation is 1. The van der Waals surface area contributed by atoms with E-state index in [-0.39, 0.29) is 10.7 Å². The van der Waals surface area contributed by atoms with Crippen molar-refractivity contribution in [2.24, 2.45) is 0 Å². The molecule has 15 heavy (non-hydrogen) atoms. The number of rotatable bonds is 3. The Labute approximate surface area is 102 Å². The van der Waals surface area contributed by atoms with Gasteiger partial charge in [-0.15, -0.1) is 11.3 Å². The van der Waals surface area contributed by atoms with E-state index in [1.807, 2.05) is 16.2 Å². The van der Waals surface area contributed by atoms with E-state index >= 15 is 0 Å². The summed E-state index contributed by atoms with van der Waals surface area (Å²) in [4.78, 5) is 16.3. The van der Waals surface area contributed by atoms with E-state index in [9.17, 15) is 4.79 Å². The van der Waals surface area contributed by atoms with Crippen LogP contribution in [0.2, 0.25) is 0 Å². The Hall–Kier alpha value is -0.350. The smallest absolute Gasteiger partial charge is 0.236 e. The summed E-state index contributed by atoms with van der Waals surface area (Å²) >= 11 is 5.20. The zero-order valence-electron chi connectivity index (χ0n) is 8.70. The number of amides is 1. The van der Waals surface area contributed by atoms with Crippen molar-refractivity contribution in [3.8, 4) is 0 Å². The van der Waals surface area contributed by atoms with Gasteiger partial charge in [0.2, 0.25) is 5.91 Å². The molecule has 1 saturated heterocycles. The van der Waals surface area contributed by atoms with Gasteiger partial charge < -0.3 is 4.90 Å². The maximum absolute atomic E-state index is 11.7. The van der Waals surface area contributed by atoms with Crippen LogP contribution in [0.5, 0.6) is 0 Å². The van der Waals surface area contributed by atoms with Gasteiger partial charge >= 0.3 is 0 Å². The second kappa shape index (κ2) is 4.66. The molecule has 2 nitrogen and oxygen atoms in total. The monoisotopic (exact) mass is 287 g/mol. The van der Waals surface area contributed by atoms with E-state index in [0.29, 0.717) is 0 Å². The van der Waals surface area contributed by atoms with Gasteiger partial charge in [0.1, 0.15) is 0 Å². The van der Waals surface area contributed by atoms with Crippen molar-refractivity contribution in [1.29, 1.82) is 0 Å². The highest BCUT2D eigenvalue weighted by atomic mass is 79.9. The SMILES string of the molecule is CCc1ccc(CN2CCC(Br)C2=O)s1. The van der Waals surface area contributed by atoms with Gasteiger partial charge in [0.05, 0.1) is 11.4 Å². The highest BCUT2D eigenvalue weighted by Crippen LogP contribution is 2.24. The molecular formula is C11H14BrNOS. The average molecular weight is 288 g/mol. The summed E-state index contributed by atoms with van der Waals surface area (Å²) in [6.07, 6.45) is 2.02. The fraction of sp³-hybridized carbons (Fsp3) is 0.545. The first-order valence-corrected chi connectivity index (χ1v) is 6.94.